The number of halogens is 1. The summed E-state index contributed by atoms with van der Waals surface area (Å²) in [5.74, 6) is -1.12. The number of hydrogen-bond donors (Lipinski definition) is 4. The third-order valence-corrected chi connectivity index (χ3v) is 7.52. The average Bonchev–Trinajstić information content (AvgIpc) is 3.38. The van der Waals surface area contributed by atoms with Crippen LogP contribution < -0.4 is 16.4 Å². The van der Waals surface area contributed by atoms with Crippen LogP contribution in [-0.4, -0.2) is 16.8 Å². The van der Waals surface area contributed by atoms with Crippen molar-refractivity contribution in [2.24, 2.45) is 5.73 Å². The van der Waals surface area contributed by atoms with Crippen LogP contribution in [-0.2, 0) is 17.8 Å². The Bertz CT molecular complexity index is 1950. The van der Waals surface area contributed by atoms with E-state index in [-0.39, 0.29) is 12.3 Å². The fourth-order valence-corrected chi connectivity index (χ4v) is 5.40. The molecule has 0 atom stereocenters. The van der Waals surface area contributed by atoms with Crippen LogP contribution in [0.25, 0.3) is 32.9 Å². The van der Waals surface area contributed by atoms with Crippen molar-refractivity contribution < 1.29 is 14.0 Å². The van der Waals surface area contributed by atoms with E-state index in [0.29, 0.717) is 17.8 Å². The molecule has 208 valence electrons. The van der Waals surface area contributed by atoms with E-state index in [0.717, 1.165) is 49.7 Å². The Morgan fingerprint density at radius 3 is 2.40 bits per heavy atom. The lowest BCUT2D eigenvalue weighted by atomic mass is 9.92. The molecule has 0 spiro atoms. The standard InChI is InChI=1S/C35H29FN4O2/c1-21-27(8-5-9-30(21)40-35(42)23-10-13-25(36)14-11-23)28-16-12-24(18-32(37)41)34-33(28)29-17-15-26(19-31(29)39-34)38-20-22-6-3-2-4-7-22/h2-17,19,38-39H,18,20H2,1H3,(H2,37,41)(H,40,42). The average molecular weight is 557 g/mol. The predicted molar refractivity (Wildman–Crippen MR) is 167 cm³/mol. The van der Waals surface area contributed by atoms with Gasteiger partial charge in [-0.05, 0) is 77.2 Å². The van der Waals surface area contributed by atoms with Gasteiger partial charge in [-0.15, -0.1) is 0 Å². The molecule has 6 rings (SSSR count). The highest BCUT2D eigenvalue weighted by Gasteiger charge is 2.18. The smallest absolute Gasteiger partial charge is 0.255 e. The summed E-state index contributed by atoms with van der Waals surface area (Å²) in [6.07, 6.45) is 0.107. The third-order valence-electron chi connectivity index (χ3n) is 7.52. The second-order valence-electron chi connectivity index (χ2n) is 10.3. The van der Waals surface area contributed by atoms with Crippen molar-refractivity contribution in [3.05, 3.63) is 131 Å². The summed E-state index contributed by atoms with van der Waals surface area (Å²) in [6.45, 7) is 2.65. The minimum atomic E-state index is -0.408. The van der Waals surface area contributed by atoms with E-state index in [1.807, 2.05) is 55.5 Å². The molecule has 5 aromatic carbocycles. The molecule has 6 aromatic rings. The van der Waals surface area contributed by atoms with E-state index in [1.165, 1.54) is 29.8 Å². The van der Waals surface area contributed by atoms with Gasteiger partial charge in [-0.3, -0.25) is 9.59 Å². The maximum atomic E-state index is 13.4. The number of hydrogen-bond acceptors (Lipinski definition) is 3. The summed E-state index contributed by atoms with van der Waals surface area (Å²) in [4.78, 5) is 28.4. The molecule has 0 saturated heterocycles. The number of carbonyl (C=O) groups is 2. The topological polar surface area (TPSA) is 100 Å². The molecule has 42 heavy (non-hydrogen) atoms. The molecular formula is C35H29FN4O2. The lowest BCUT2D eigenvalue weighted by Gasteiger charge is -2.15. The summed E-state index contributed by atoms with van der Waals surface area (Å²) in [5.41, 5.74) is 14.2. The number of nitrogens with two attached hydrogens (primary N) is 1. The number of rotatable bonds is 8. The summed E-state index contributed by atoms with van der Waals surface area (Å²) in [7, 11) is 0. The van der Waals surface area contributed by atoms with Gasteiger partial charge in [0.05, 0.1) is 11.9 Å². The van der Waals surface area contributed by atoms with Crippen LogP contribution in [0.3, 0.4) is 0 Å². The second kappa shape index (κ2) is 11.2. The maximum Gasteiger partial charge on any atom is 0.255 e. The first-order chi connectivity index (χ1) is 20.4. The summed E-state index contributed by atoms with van der Waals surface area (Å²) in [5, 5.41) is 8.44. The lowest BCUT2D eigenvalue weighted by Crippen LogP contribution is -2.14. The molecule has 0 fully saturated rings. The highest BCUT2D eigenvalue weighted by molar-refractivity contribution is 6.16. The number of H-pyrrole nitrogens is 1. The number of aromatic amines is 1. The van der Waals surface area contributed by atoms with Crippen molar-refractivity contribution in [3.63, 3.8) is 0 Å². The monoisotopic (exact) mass is 556 g/mol. The minimum absolute atomic E-state index is 0.107. The number of anilines is 2. The van der Waals surface area contributed by atoms with Gasteiger partial charge >= 0.3 is 0 Å². The van der Waals surface area contributed by atoms with Gasteiger partial charge in [0, 0.05) is 39.8 Å². The van der Waals surface area contributed by atoms with Gasteiger partial charge in [0.15, 0.2) is 0 Å². The van der Waals surface area contributed by atoms with Crippen LogP contribution in [0.2, 0.25) is 0 Å². The fourth-order valence-electron chi connectivity index (χ4n) is 5.40. The zero-order chi connectivity index (χ0) is 29.2. The highest BCUT2D eigenvalue weighted by Crippen LogP contribution is 2.40. The first kappa shape index (κ1) is 26.8. The molecule has 1 heterocycles. The number of benzene rings is 5. The van der Waals surface area contributed by atoms with E-state index in [1.54, 1.807) is 0 Å². The zero-order valence-corrected chi connectivity index (χ0v) is 23.0. The van der Waals surface area contributed by atoms with Crippen molar-refractivity contribution in [3.8, 4) is 11.1 Å². The van der Waals surface area contributed by atoms with Crippen LogP contribution in [0.5, 0.6) is 0 Å². The van der Waals surface area contributed by atoms with Gasteiger partial charge in [0.25, 0.3) is 5.91 Å². The Hall–Kier alpha value is -5.43. The largest absolute Gasteiger partial charge is 0.381 e. The number of fused-ring (bicyclic) bond motifs is 3. The van der Waals surface area contributed by atoms with Crippen molar-refractivity contribution in [2.75, 3.05) is 10.6 Å². The second-order valence-corrected chi connectivity index (χ2v) is 10.3. The number of primary amides is 1. The van der Waals surface area contributed by atoms with Crippen molar-refractivity contribution in [1.82, 2.24) is 4.98 Å². The number of aromatic nitrogens is 1. The van der Waals surface area contributed by atoms with Crippen LogP contribution in [0.4, 0.5) is 15.8 Å². The molecule has 0 unspecified atom stereocenters. The van der Waals surface area contributed by atoms with Crippen molar-refractivity contribution in [1.29, 1.82) is 0 Å². The molecule has 0 aliphatic heterocycles. The van der Waals surface area contributed by atoms with Gasteiger partial charge in [0.1, 0.15) is 5.82 Å². The number of nitrogens with one attached hydrogen (secondary N) is 3. The van der Waals surface area contributed by atoms with Gasteiger partial charge in [0.2, 0.25) is 5.91 Å². The summed E-state index contributed by atoms with van der Waals surface area (Å²) in [6, 6.07) is 31.5. The summed E-state index contributed by atoms with van der Waals surface area (Å²) < 4.78 is 13.4. The van der Waals surface area contributed by atoms with E-state index in [9.17, 15) is 14.0 Å². The van der Waals surface area contributed by atoms with Gasteiger partial charge in [-0.25, -0.2) is 4.39 Å². The summed E-state index contributed by atoms with van der Waals surface area (Å²) >= 11 is 0. The lowest BCUT2D eigenvalue weighted by molar-refractivity contribution is -0.117. The van der Waals surface area contributed by atoms with Gasteiger partial charge in [-0.1, -0.05) is 60.7 Å². The van der Waals surface area contributed by atoms with Crippen LogP contribution in [0.1, 0.15) is 27.0 Å². The molecule has 6 nitrogen and oxygen atoms in total. The minimum Gasteiger partial charge on any atom is -0.381 e. The van der Waals surface area contributed by atoms with Crippen LogP contribution in [0, 0.1) is 12.7 Å². The molecular weight excluding hydrogens is 527 g/mol. The van der Waals surface area contributed by atoms with Gasteiger partial charge < -0.3 is 21.4 Å². The van der Waals surface area contributed by atoms with Gasteiger partial charge in [-0.2, -0.15) is 0 Å². The molecule has 5 N–H and O–H groups in total. The quantitative estimate of drug-likeness (QED) is 0.158. The molecule has 0 aliphatic carbocycles. The number of carbonyl (C=O) groups excluding carboxylic acids is 2. The molecule has 7 heteroatoms. The Labute approximate surface area is 242 Å². The Balaban J connectivity index is 1.41. The van der Waals surface area contributed by atoms with E-state index < -0.39 is 11.7 Å². The molecule has 0 saturated carbocycles. The van der Waals surface area contributed by atoms with E-state index >= 15 is 0 Å². The fraction of sp³-hybridized carbons (Fsp3) is 0.0857. The maximum absolute atomic E-state index is 13.4. The Morgan fingerprint density at radius 2 is 1.64 bits per heavy atom. The molecule has 0 radical (unpaired) electrons. The SMILES string of the molecule is Cc1c(NC(=O)c2ccc(F)cc2)cccc1-c1ccc(CC(N)=O)c2[nH]c3cc(NCc4ccccc4)ccc3c12. The van der Waals surface area contributed by atoms with Crippen molar-refractivity contribution >= 4 is 45.0 Å². The van der Waals surface area contributed by atoms with Crippen LogP contribution >= 0.6 is 0 Å². The Morgan fingerprint density at radius 1 is 0.857 bits per heavy atom. The molecule has 1 aromatic heterocycles. The number of amides is 2. The first-order valence-electron chi connectivity index (χ1n) is 13.7. The predicted octanol–water partition coefficient (Wildman–Crippen LogP) is 7.33. The highest BCUT2D eigenvalue weighted by atomic mass is 19.1. The van der Waals surface area contributed by atoms with E-state index in [4.69, 9.17) is 5.73 Å². The van der Waals surface area contributed by atoms with Crippen molar-refractivity contribution in [2.45, 2.75) is 19.9 Å². The van der Waals surface area contributed by atoms with E-state index in [2.05, 4.69) is 45.9 Å². The zero-order valence-electron chi connectivity index (χ0n) is 23.0. The van der Waals surface area contributed by atoms with Crippen LogP contribution in [0.15, 0.2) is 103 Å². The normalized spacial score (nSPS) is 11.1. The molecule has 2 amide bonds. The first-order valence-corrected chi connectivity index (χ1v) is 13.7. The third kappa shape index (κ3) is 5.32. The Kier molecular flexibility index (Phi) is 7.15. The molecule has 0 bridgehead atoms. The molecule has 0 aliphatic rings.